The first-order chi connectivity index (χ1) is 22.9. The normalized spacial score (nSPS) is 44.2. The van der Waals surface area contributed by atoms with E-state index in [1.54, 1.807) is 0 Å². The van der Waals surface area contributed by atoms with E-state index in [0.717, 1.165) is 38.5 Å². The predicted molar refractivity (Wildman–Crippen MR) is 189 cm³/mol. The van der Waals surface area contributed by atoms with Crippen molar-refractivity contribution in [2.45, 2.75) is 144 Å². The summed E-state index contributed by atoms with van der Waals surface area (Å²) >= 11 is 0. The zero-order valence-electron chi connectivity index (χ0n) is 31.9. The largest absolute Gasteiger partial charge is 0.481 e. The summed E-state index contributed by atoms with van der Waals surface area (Å²) in [7, 11) is 2.02. The minimum absolute atomic E-state index is 0.201. The number of hydrogen-bond donors (Lipinski definition) is 1. The molecule has 0 aromatic heterocycles. The monoisotopic (exact) mass is 683 g/mol. The maximum atomic E-state index is 13.6. The molecule has 6 aliphatic rings. The van der Waals surface area contributed by atoms with Gasteiger partial charge < -0.3 is 19.3 Å². The summed E-state index contributed by atoms with van der Waals surface area (Å²) in [5, 5.41) is 11.0. The van der Waals surface area contributed by atoms with Crippen molar-refractivity contribution >= 4 is 17.9 Å². The minimum Gasteiger partial charge on any atom is -0.481 e. The van der Waals surface area contributed by atoms with E-state index < -0.39 is 34.9 Å². The fraction of sp³-hybridized carbons (Fsp3) is 0.878. The second kappa shape index (κ2) is 12.9. The number of ether oxygens (including phenoxy) is 3. The van der Waals surface area contributed by atoms with Gasteiger partial charge in [0.1, 0.15) is 12.2 Å². The molecule has 0 aromatic carbocycles. The molecule has 276 valence electrons. The second-order valence-electron chi connectivity index (χ2n) is 18.8. The van der Waals surface area contributed by atoms with Gasteiger partial charge in [0.15, 0.2) is 0 Å². The first-order valence-electron chi connectivity index (χ1n) is 19.5. The van der Waals surface area contributed by atoms with Crippen LogP contribution in [0.1, 0.15) is 126 Å². The predicted octanol–water partition coefficient (Wildman–Crippen LogP) is 7.68. The lowest BCUT2D eigenvalue weighted by atomic mass is 9.34. The number of aliphatic carboxylic acids is 1. The number of rotatable bonds is 8. The molecule has 1 saturated heterocycles. The van der Waals surface area contributed by atoms with E-state index in [1.807, 2.05) is 7.05 Å². The molecule has 8 nitrogen and oxygen atoms in total. The Bertz CT molecular complexity index is 1340. The summed E-state index contributed by atoms with van der Waals surface area (Å²) < 4.78 is 19.1. The van der Waals surface area contributed by atoms with Crippen LogP contribution in [0.25, 0.3) is 0 Å². The number of nitrogens with zero attached hydrogens (tertiary/aromatic N) is 1. The van der Waals surface area contributed by atoms with Gasteiger partial charge in [-0.05, 0) is 98.3 Å². The Balaban J connectivity index is 1.34. The standard InChI is InChI=1S/C41H65NO7/c1-25(2)26(3)37(5)19-20-39(7)29-15-16-32-38(6)23-47-24-41(32,30(29)17-18-40(39,8)34(37)36(45)46)21-31(48-27(4)43)35(38)49-33(44)22-42(9)28-13-11-10-12-14-28/h17,25-26,28-29,31-32,34-35H,10-16,18-24H2,1-9H3,(H,45,46)/t26-,29+,31-,32+,34-,35+,37-,38-,39-,40+,41-/m1/s1. The van der Waals surface area contributed by atoms with Crippen LogP contribution in [0.5, 0.6) is 0 Å². The number of carbonyl (C=O) groups excluding carboxylic acids is 2. The highest BCUT2D eigenvalue weighted by atomic mass is 16.6. The molecule has 1 aliphatic heterocycles. The maximum absolute atomic E-state index is 13.6. The molecule has 0 radical (unpaired) electrons. The summed E-state index contributed by atoms with van der Waals surface area (Å²) in [5.41, 5.74) is -0.392. The second-order valence-corrected chi connectivity index (χ2v) is 18.8. The summed E-state index contributed by atoms with van der Waals surface area (Å²) in [6.07, 6.45) is 12.2. The number of carboxylic acids is 1. The Morgan fingerprint density at radius 2 is 1.65 bits per heavy atom. The Kier molecular flexibility index (Phi) is 9.72. The summed E-state index contributed by atoms with van der Waals surface area (Å²) in [6, 6.07) is 0.394. The van der Waals surface area contributed by atoms with Crippen molar-refractivity contribution < 1.29 is 33.7 Å². The van der Waals surface area contributed by atoms with Gasteiger partial charge in [0.05, 0.1) is 25.7 Å². The number of carbonyl (C=O) groups is 3. The van der Waals surface area contributed by atoms with E-state index in [2.05, 4.69) is 59.4 Å². The van der Waals surface area contributed by atoms with Gasteiger partial charge in [-0.15, -0.1) is 0 Å². The van der Waals surface area contributed by atoms with Gasteiger partial charge in [0.25, 0.3) is 0 Å². The third-order valence-corrected chi connectivity index (χ3v) is 16.2. The number of allylic oxidation sites excluding steroid dienone is 1. The SMILES string of the molecule is CC(=O)O[C@@H]1C[C@]23COC[C@](C)([C@@H]2CC[C@H]2C3=CC[C@@]3(C)[C@H](C(=O)O)[C@@](C)([C@H](C)C(C)C)CC[C@]23C)[C@H]1OC(=O)CN(C)C1CCCCC1. The molecule has 1 heterocycles. The van der Waals surface area contributed by atoms with Crippen LogP contribution < -0.4 is 0 Å². The van der Waals surface area contributed by atoms with E-state index >= 15 is 0 Å². The van der Waals surface area contributed by atoms with E-state index in [4.69, 9.17) is 14.2 Å². The average molecular weight is 684 g/mol. The van der Waals surface area contributed by atoms with E-state index in [0.29, 0.717) is 38.0 Å². The van der Waals surface area contributed by atoms with Crippen molar-refractivity contribution in [2.75, 3.05) is 26.8 Å². The lowest BCUT2D eigenvalue weighted by molar-refractivity contribution is -0.263. The molecular weight excluding hydrogens is 618 g/mol. The van der Waals surface area contributed by atoms with Crippen molar-refractivity contribution in [2.24, 2.45) is 56.7 Å². The average Bonchev–Trinajstić information content (AvgIpc) is 3.03. The fourth-order valence-electron chi connectivity index (χ4n) is 13.1. The van der Waals surface area contributed by atoms with Crippen LogP contribution in [0.15, 0.2) is 11.6 Å². The molecule has 4 saturated carbocycles. The molecule has 0 amide bonds. The van der Waals surface area contributed by atoms with Gasteiger partial charge in [0.2, 0.25) is 0 Å². The van der Waals surface area contributed by atoms with Crippen LogP contribution in [-0.4, -0.2) is 73.0 Å². The highest BCUT2D eigenvalue weighted by Gasteiger charge is 2.72. The molecule has 0 unspecified atom stereocenters. The lowest BCUT2D eigenvalue weighted by Gasteiger charge is -2.71. The molecule has 6 rings (SSSR count). The van der Waals surface area contributed by atoms with Crippen LogP contribution in [-0.2, 0) is 28.6 Å². The molecule has 2 bridgehead atoms. The molecule has 0 aromatic rings. The Hall–Kier alpha value is -1.93. The topological polar surface area (TPSA) is 102 Å². The van der Waals surface area contributed by atoms with Crippen molar-refractivity contribution in [1.29, 1.82) is 0 Å². The quantitative estimate of drug-likeness (QED) is 0.205. The fourth-order valence-corrected chi connectivity index (χ4v) is 13.1. The zero-order valence-corrected chi connectivity index (χ0v) is 31.9. The molecule has 8 heteroatoms. The van der Waals surface area contributed by atoms with Crippen LogP contribution in [0, 0.1) is 56.7 Å². The molecule has 11 atom stereocenters. The van der Waals surface area contributed by atoms with E-state index in [-0.39, 0.29) is 52.5 Å². The van der Waals surface area contributed by atoms with Gasteiger partial charge in [-0.2, -0.15) is 0 Å². The van der Waals surface area contributed by atoms with Gasteiger partial charge in [-0.1, -0.05) is 79.4 Å². The first kappa shape index (κ1) is 36.8. The Labute approximate surface area is 295 Å². The number of hydrogen-bond acceptors (Lipinski definition) is 7. The van der Waals surface area contributed by atoms with E-state index in [9.17, 15) is 19.5 Å². The lowest BCUT2D eigenvalue weighted by Crippen LogP contribution is -2.70. The van der Waals surface area contributed by atoms with Crippen LogP contribution in [0.3, 0.4) is 0 Å². The van der Waals surface area contributed by atoms with Crippen molar-refractivity contribution in [3.63, 3.8) is 0 Å². The smallest absolute Gasteiger partial charge is 0.320 e. The van der Waals surface area contributed by atoms with Crippen molar-refractivity contribution in [3.8, 4) is 0 Å². The first-order valence-corrected chi connectivity index (χ1v) is 19.5. The highest BCUT2D eigenvalue weighted by molar-refractivity contribution is 5.73. The zero-order chi connectivity index (χ0) is 35.7. The molecule has 0 spiro atoms. The molecule has 1 N–H and O–H groups in total. The Morgan fingerprint density at radius 1 is 0.959 bits per heavy atom. The summed E-state index contributed by atoms with van der Waals surface area (Å²) in [6.45, 7) is 18.5. The summed E-state index contributed by atoms with van der Waals surface area (Å²) in [5.74, 6) is -0.625. The highest BCUT2D eigenvalue weighted by Crippen LogP contribution is 2.75. The molecule has 5 aliphatic carbocycles. The molecule has 49 heavy (non-hydrogen) atoms. The van der Waals surface area contributed by atoms with Crippen LogP contribution in [0.4, 0.5) is 0 Å². The van der Waals surface area contributed by atoms with Gasteiger partial charge in [-0.3, -0.25) is 19.3 Å². The third kappa shape index (κ3) is 5.63. The molecular formula is C41H65NO7. The number of likely N-dealkylation sites (N-methyl/N-ethyl adjacent to an activating group) is 1. The van der Waals surface area contributed by atoms with Gasteiger partial charge in [0, 0.05) is 23.8 Å². The maximum Gasteiger partial charge on any atom is 0.320 e. The summed E-state index contributed by atoms with van der Waals surface area (Å²) in [4.78, 5) is 41.8. The van der Waals surface area contributed by atoms with Crippen LogP contribution in [0.2, 0.25) is 0 Å². The van der Waals surface area contributed by atoms with Crippen molar-refractivity contribution in [3.05, 3.63) is 11.6 Å². The number of esters is 2. The number of carboxylic acid groups (broad SMARTS) is 1. The minimum atomic E-state index is -0.660. The van der Waals surface area contributed by atoms with Gasteiger partial charge >= 0.3 is 17.9 Å². The van der Waals surface area contributed by atoms with Crippen LogP contribution >= 0.6 is 0 Å². The molecule has 5 fully saturated rings. The van der Waals surface area contributed by atoms with Gasteiger partial charge in [-0.25, -0.2) is 0 Å². The van der Waals surface area contributed by atoms with E-state index in [1.165, 1.54) is 31.8 Å². The Morgan fingerprint density at radius 3 is 2.29 bits per heavy atom. The third-order valence-electron chi connectivity index (χ3n) is 16.2. The van der Waals surface area contributed by atoms with Crippen molar-refractivity contribution in [1.82, 2.24) is 4.90 Å². The number of fused-ring (bicyclic) bond motifs is 3.